The lowest BCUT2D eigenvalue weighted by molar-refractivity contribution is -0.147. The number of carboxylic acid groups (broad SMARTS) is 1. The molecule has 2 fully saturated rings. The smallest absolute Gasteiger partial charge is 0.310 e. The Hall–Kier alpha value is -1.43. The number of hydrogen-bond donors (Lipinski definition) is 1. The van der Waals surface area contributed by atoms with Crippen LogP contribution in [0.2, 0.25) is 0 Å². The van der Waals surface area contributed by atoms with Crippen molar-refractivity contribution in [1.29, 1.82) is 0 Å². The molecule has 2 amide bonds. The summed E-state index contributed by atoms with van der Waals surface area (Å²) < 4.78 is 0. The molecule has 6 nitrogen and oxygen atoms in total. The third-order valence-corrected chi connectivity index (χ3v) is 3.86. The predicted octanol–water partition coefficient (Wildman–Crippen LogP) is -0.0680. The van der Waals surface area contributed by atoms with E-state index in [9.17, 15) is 14.4 Å². The lowest BCUT2D eigenvalue weighted by Gasteiger charge is -2.22. The molecule has 0 aromatic heterocycles. The fourth-order valence-electron chi connectivity index (χ4n) is 2.54. The van der Waals surface area contributed by atoms with Crippen molar-refractivity contribution in [1.82, 2.24) is 9.80 Å². The highest BCUT2D eigenvalue weighted by molar-refractivity contribution is 6.01. The van der Waals surface area contributed by atoms with Gasteiger partial charge in [0, 0.05) is 32.5 Å². The van der Waals surface area contributed by atoms with Crippen LogP contribution in [0.25, 0.3) is 0 Å². The topological polar surface area (TPSA) is 77.9 Å². The second-order valence-corrected chi connectivity index (χ2v) is 5.33. The SMILES string of the molecule is CC1(C(=O)O)CCN(CCN2C(=O)CCC2=O)C1. The molecule has 0 spiro atoms. The minimum Gasteiger partial charge on any atom is -0.481 e. The van der Waals surface area contributed by atoms with Crippen LogP contribution in [0.4, 0.5) is 0 Å². The molecule has 2 saturated heterocycles. The number of imide groups is 1. The minimum atomic E-state index is -0.779. The lowest BCUT2D eigenvalue weighted by atomic mass is 9.90. The molecule has 1 atom stereocenters. The fourth-order valence-corrected chi connectivity index (χ4v) is 2.54. The maximum Gasteiger partial charge on any atom is 0.310 e. The Morgan fingerprint density at radius 3 is 2.39 bits per heavy atom. The summed E-state index contributed by atoms with van der Waals surface area (Å²) >= 11 is 0. The molecular formula is C12H18N2O4. The van der Waals surface area contributed by atoms with Crippen molar-refractivity contribution in [2.75, 3.05) is 26.2 Å². The Morgan fingerprint density at radius 2 is 1.89 bits per heavy atom. The van der Waals surface area contributed by atoms with Crippen LogP contribution in [0, 0.1) is 5.41 Å². The minimum absolute atomic E-state index is 0.111. The molecule has 0 saturated carbocycles. The summed E-state index contributed by atoms with van der Waals surface area (Å²) in [5.41, 5.74) is -0.695. The van der Waals surface area contributed by atoms with E-state index in [2.05, 4.69) is 0 Å². The first-order valence-corrected chi connectivity index (χ1v) is 6.21. The maximum atomic E-state index is 11.4. The van der Waals surface area contributed by atoms with Crippen LogP contribution in [0.1, 0.15) is 26.2 Å². The van der Waals surface area contributed by atoms with Gasteiger partial charge in [-0.1, -0.05) is 0 Å². The van der Waals surface area contributed by atoms with E-state index in [0.717, 1.165) is 0 Å². The van der Waals surface area contributed by atoms with E-state index in [1.807, 2.05) is 4.90 Å². The molecule has 2 aliphatic heterocycles. The maximum absolute atomic E-state index is 11.4. The van der Waals surface area contributed by atoms with Gasteiger partial charge in [0.15, 0.2) is 0 Å². The van der Waals surface area contributed by atoms with Crippen LogP contribution in [0.3, 0.4) is 0 Å². The third-order valence-electron chi connectivity index (χ3n) is 3.86. The number of amides is 2. The van der Waals surface area contributed by atoms with Crippen molar-refractivity contribution >= 4 is 17.8 Å². The Bertz CT molecular complexity index is 380. The first-order valence-electron chi connectivity index (χ1n) is 6.21. The van der Waals surface area contributed by atoms with Gasteiger partial charge in [0.2, 0.25) is 11.8 Å². The van der Waals surface area contributed by atoms with Gasteiger partial charge in [-0.3, -0.25) is 19.3 Å². The van der Waals surface area contributed by atoms with Crippen molar-refractivity contribution in [3.8, 4) is 0 Å². The van der Waals surface area contributed by atoms with E-state index in [0.29, 0.717) is 45.4 Å². The Morgan fingerprint density at radius 1 is 1.28 bits per heavy atom. The van der Waals surface area contributed by atoms with Crippen LogP contribution >= 0.6 is 0 Å². The quantitative estimate of drug-likeness (QED) is 0.711. The predicted molar refractivity (Wildman–Crippen MR) is 62.8 cm³/mol. The van der Waals surface area contributed by atoms with Gasteiger partial charge in [0.25, 0.3) is 0 Å². The van der Waals surface area contributed by atoms with Crippen molar-refractivity contribution in [2.45, 2.75) is 26.2 Å². The number of likely N-dealkylation sites (tertiary alicyclic amines) is 2. The summed E-state index contributed by atoms with van der Waals surface area (Å²) in [4.78, 5) is 37.2. The van der Waals surface area contributed by atoms with Gasteiger partial charge in [-0.05, 0) is 19.9 Å². The largest absolute Gasteiger partial charge is 0.481 e. The molecule has 1 unspecified atom stereocenters. The zero-order chi connectivity index (χ0) is 13.3. The Labute approximate surface area is 106 Å². The van der Waals surface area contributed by atoms with Crippen LogP contribution in [-0.4, -0.2) is 58.9 Å². The Kier molecular flexibility index (Phi) is 3.38. The van der Waals surface area contributed by atoms with Crippen LogP contribution in [0.5, 0.6) is 0 Å². The van der Waals surface area contributed by atoms with Crippen LogP contribution < -0.4 is 0 Å². The fraction of sp³-hybridized carbons (Fsp3) is 0.750. The first-order chi connectivity index (χ1) is 8.42. The van der Waals surface area contributed by atoms with Gasteiger partial charge < -0.3 is 10.0 Å². The Balaban J connectivity index is 1.84. The van der Waals surface area contributed by atoms with E-state index in [1.54, 1.807) is 6.92 Å². The number of carboxylic acids is 1. The number of carbonyl (C=O) groups is 3. The van der Waals surface area contributed by atoms with E-state index >= 15 is 0 Å². The summed E-state index contributed by atoms with van der Waals surface area (Å²) in [5.74, 6) is -1.00. The molecule has 0 aromatic rings. The van der Waals surface area contributed by atoms with Gasteiger partial charge in [-0.2, -0.15) is 0 Å². The van der Waals surface area contributed by atoms with Gasteiger partial charge in [-0.25, -0.2) is 0 Å². The van der Waals surface area contributed by atoms with E-state index in [4.69, 9.17) is 5.11 Å². The number of carbonyl (C=O) groups excluding carboxylic acids is 2. The average Bonchev–Trinajstić information content (AvgIpc) is 2.83. The monoisotopic (exact) mass is 254 g/mol. The van der Waals surface area contributed by atoms with Crippen LogP contribution in [0.15, 0.2) is 0 Å². The van der Waals surface area contributed by atoms with Crippen molar-refractivity contribution in [3.05, 3.63) is 0 Å². The zero-order valence-corrected chi connectivity index (χ0v) is 10.5. The van der Waals surface area contributed by atoms with E-state index in [-0.39, 0.29) is 11.8 Å². The first kappa shape index (κ1) is 13.0. The number of nitrogens with zero attached hydrogens (tertiary/aromatic N) is 2. The van der Waals surface area contributed by atoms with Crippen LogP contribution in [-0.2, 0) is 14.4 Å². The molecule has 0 radical (unpaired) electrons. The van der Waals surface area contributed by atoms with E-state index < -0.39 is 11.4 Å². The zero-order valence-electron chi connectivity index (χ0n) is 10.5. The third kappa shape index (κ3) is 2.38. The van der Waals surface area contributed by atoms with Crippen molar-refractivity contribution in [3.63, 3.8) is 0 Å². The summed E-state index contributed by atoms with van der Waals surface area (Å²) in [6.45, 7) is 3.88. The van der Waals surface area contributed by atoms with Gasteiger partial charge in [0.1, 0.15) is 0 Å². The molecule has 0 bridgehead atoms. The normalized spacial score (nSPS) is 29.3. The van der Waals surface area contributed by atoms with Gasteiger partial charge >= 0.3 is 5.97 Å². The number of hydrogen-bond acceptors (Lipinski definition) is 4. The lowest BCUT2D eigenvalue weighted by Crippen LogP contribution is -2.38. The summed E-state index contributed by atoms with van der Waals surface area (Å²) in [5, 5.41) is 9.11. The van der Waals surface area contributed by atoms with Crippen molar-refractivity contribution < 1.29 is 19.5 Å². The molecule has 1 N–H and O–H groups in total. The average molecular weight is 254 g/mol. The van der Waals surface area contributed by atoms with Gasteiger partial charge in [-0.15, -0.1) is 0 Å². The van der Waals surface area contributed by atoms with Crippen molar-refractivity contribution in [2.24, 2.45) is 5.41 Å². The van der Waals surface area contributed by atoms with Gasteiger partial charge in [0.05, 0.1) is 5.41 Å². The number of rotatable bonds is 4. The summed E-state index contributed by atoms with van der Waals surface area (Å²) in [6.07, 6.45) is 1.24. The second kappa shape index (κ2) is 4.68. The highest BCUT2D eigenvalue weighted by Gasteiger charge is 2.40. The molecular weight excluding hydrogens is 236 g/mol. The summed E-state index contributed by atoms with van der Waals surface area (Å²) in [6, 6.07) is 0. The molecule has 100 valence electrons. The molecule has 0 aliphatic carbocycles. The molecule has 2 aliphatic rings. The molecule has 2 rings (SSSR count). The molecule has 6 heteroatoms. The second-order valence-electron chi connectivity index (χ2n) is 5.33. The highest BCUT2D eigenvalue weighted by Crippen LogP contribution is 2.29. The standard InChI is InChI=1S/C12H18N2O4/c1-12(11(17)18)4-5-13(8-12)6-7-14-9(15)2-3-10(14)16/h2-8H2,1H3,(H,17,18). The summed E-state index contributed by atoms with van der Waals surface area (Å²) in [7, 11) is 0. The highest BCUT2D eigenvalue weighted by atomic mass is 16.4. The van der Waals surface area contributed by atoms with E-state index in [1.165, 1.54) is 4.90 Å². The number of aliphatic carboxylic acids is 1. The molecule has 0 aromatic carbocycles. The molecule has 2 heterocycles. The molecule has 18 heavy (non-hydrogen) atoms.